The molecule has 1 rings (SSSR count). The Morgan fingerprint density at radius 3 is 2.07 bits per heavy atom. The first-order valence-electron chi connectivity index (χ1n) is 5.29. The number of thioether (sulfide) groups is 1. The second-order valence-electron chi connectivity index (χ2n) is 4.61. The van der Waals surface area contributed by atoms with Gasteiger partial charge in [0.25, 0.3) is 0 Å². The van der Waals surface area contributed by atoms with Crippen LogP contribution >= 0.6 is 11.8 Å². The van der Waals surface area contributed by atoms with Gasteiger partial charge in [-0.1, -0.05) is 46.2 Å². The molecule has 0 nitrogen and oxygen atoms in total. The van der Waals surface area contributed by atoms with Crippen LogP contribution in [0.4, 0.5) is 0 Å². The molecule has 0 bridgehead atoms. The van der Waals surface area contributed by atoms with E-state index in [0.29, 0.717) is 4.75 Å². The molecule has 0 aliphatic rings. The highest BCUT2D eigenvalue weighted by molar-refractivity contribution is 8.00. The summed E-state index contributed by atoms with van der Waals surface area (Å²) in [6.45, 7) is 8.96. The molecule has 0 aromatic heterocycles. The Kier molecular flexibility index (Phi) is 4.06. The summed E-state index contributed by atoms with van der Waals surface area (Å²) in [6.07, 6.45) is 2.42. The first-order valence-corrected chi connectivity index (χ1v) is 6.11. The zero-order valence-electron chi connectivity index (χ0n) is 9.63. The van der Waals surface area contributed by atoms with Crippen molar-refractivity contribution in [2.45, 2.75) is 50.2 Å². The summed E-state index contributed by atoms with van der Waals surface area (Å²) in [5.74, 6) is 0. The van der Waals surface area contributed by atoms with Gasteiger partial charge in [-0.05, 0) is 24.1 Å². The molecule has 1 aromatic carbocycles. The van der Waals surface area contributed by atoms with Crippen LogP contribution in [0.5, 0.6) is 0 Å². The topological polar surface area (TPSA) is 0 Å². The fraction of sp³-hybridized carbons (Fsp3) is 0.538. The summed E-state index contributed by atoms with van der Waals surface area (Å²) < 4.78 is 0.312. The fourth-order valence-corrected chi connectivity index (χ4v) is 2.35. The highest BCUT2D eigenvalue weighted by Gasteiger charge is 2.11. The van der Waals surface area contributed by atoms with Crippen LogP contribution in [0.15, 0.2) is 29.2 Å². The molecular weight excluding hydrogens is 188 g/mol. The molecule has 0 radical (unpaired) electrons. The zero-order chi connectivity index (χ0) is 10.6. The lowest BCUT2D eigenvalue weighted by molar-refractivity contribution is 0.802. The van der Waals surface area contributed by atoms with Gasteiger partial charge in [0.1, 0.15) is 0 Å². The monoisotopic (exact) mass is 208 g/mol. The van der Waals surface area contributed by atoms with Gasteiger partial charge in [-0.15, -0.1) is 11.8 Å². The first kappa shape index (κ1) is 11.6. The number of aryl methyl sites for hydroxylation is 1. The number of hydrogen-bond donors (Lipinski definition) is 0. The van der Waals surface area contributed by atoms with Crippen LogP contribution in [0.2, 0.25) is 0 Å². The van der Waals surface area contributed by atoms with E-state index in [1.807, 2.05) is 11.8 Å². The van der Waals surface area contributed by atoms with Crippen molar-refractivity contribution >= 4 is 11.8 Å². The number of benzene rings is 1. The summed E-state index contributed by atoms with van der Waals surface area (Å²) in [4.78, 5) is 1.37. The van der Waals surface area contributed by atoms with Crippen LogP contribution in [-0.4, -0.2) is 4.75 Å². The van der Waals surface area contributed by atoms with Gasteiger partial charge in [-0.25, -0.2) is 0 Å². The molecule has 0 amide bonds. The molecular formula is C13H20S. The maximum atomic E-state index is 2.25. The second kappa shape index (κ2) is 4.88. The minimum atomic E-state index is 0.312. The predicted molar refractivity (Wildman–Crippen MR) is 66.0 cm³/mol. The molecule has 14 heavy (non-hydrogen) atoms. The number of rotatable bonds is 3. The van der Waals surface area contributed by atoms with Crippen LogP contribution in [-0.2, 0) is 6.42 Å². The van der Waals surface area contributed by atoms with Crippen LogP contribution in [0.1, 0.15) is 39.7 Å². The average molecular weight is 208 g/mol. The Hall–Kier alpha value is -0.430. The van der Waals surface area contributed by atoms with Crippen molar-refractivity contribution in [2.24, 2.45) is 0 Å². The molecule has 1 heteroatoms. The zero-order valence-corrected chi connectivity index (χ0v) is 10.4. The molecule has 0 N–H and O–H groups in total. The Bertz CT molecular complexity index is 266. The molecule has 0 aliphatic carbocycles. The Morgan fingerprint density at radius 2 is 1.64 bits per heavy atom. The van der Waals surface area contributed by atoms with E-state index < -0.39 is 0 Å². The van der Waals surface area contributed by atoms with E-state index in [0.717, 1.165) is 0 Å². The first-order chi connectivity index (χ1) is 6.51. The molecule has 0 heterocycles. The van der Waals surface area contributed by atoms with E-state index in [9.17, 15) is 0 Å². The maximum Gasteiger partial charge on any atom is 0.0122 e. The van der Waals surface area contributed by atoms with Crippen molar-refractivity contribution in [3.63, 3.8) is 0 Å². The van der Waals surface area contributed by atoms with Crippen molar-refractivity contribution in [2.75, 3.05) is 0 Å². The van der Waals surface area contributed by atoms with Crippen molar-refractivity contribution in [3.8, 4) is 0 Å². The van der Waals surface area contributed by atoms with Crippen molar-refractivity contribution in [1.82, 2.24) is 0 Å². The van der Waals surface area contributed by atoms with E-state index in [4.69, 9.17) is 0 Å². The Balaban J connectivity index is 2.64. The van der Waals surface area contributed by atoms with Gasteiger partial charge >= 0.3 is 0 Å². The normalized spacial score (nSPS) is 11.7. The lowest BCUT2D eigenvalue weighted by Crippen LogP contribution is -2.06. The quantitative estimate of drug-likeness (QED) is 0.658. The van der Waals surface area contributed by atoms with Gasteiger partial charge in [-0.3, -0.25) is 0 Å². The van der Waals surface area contributed by atoms with Gasteiger partial charge in [0, 0.05) is 9.64 Å². The van der Waals surface area contributed by atoms with Crippen molar-refractivity contribution in [1.29, 1.82) is 0 Å². The highest BCUT2D eigenvalue weighted by atomic mass is 32.2. The Morgan fingerprint density at radius 1 is 1.07 bits per heavy atom. The lowest BCUT2D eigenvalue weighted by atomic mass is 10.1. The summed E-state index contributed by atoms with van der Waals surface area (Å²) >= 11 is 1.93. The van der Waals surface area contributed by atoms with Gasteiger partial charge in [0.05, 0.1) is 0 Å². The van der Waals surface area contributed by atoms with Crippen molar-refractivity contribution < 1.29 is 0 Å². The van der Waals surface area contributed by atoms with Crippen LogP contribution < -0.4 is 0 Å². The van der Waals surface area contributed by atoms with E-state index in [1.54, 1.807) is 0 Å². The smallest absolute Gasteiger partial charge is 0.0122 e. The molecule has 0 saturated heterocycles. The minimum absolute atomic E-state index is 0.312. The van der Waals surface area contributed by atoms with Gasteiger partial charge in [-0.2, -0.15) is 0 Å². The van der Waals surface area contributed by atoms with E-state index in [1.165, 1.54) is 23.3 Å². The van der Waals surface area contributed by atoms with E-state index >= 15 is 0 Å². The molecule has 0 unspecified atom stereocenters. The lowest BCUT2D eigenvalue weighted by Gasteiger charge is -2.17. The summed E-state index contributed by atoms with van der Waals surface area (Å²) in [7, 11) is 0. The van der Waals surface area contributed by atoms with Crippen LogP contribution in [0, 0.1) is 0 Å². The summed E-state index contributed by atoms with van der Waals surface area (Å²) in [6, 6.07) is 8.97. The standard InChI is InChI=1S/C13H20S/c1-5-6-11-7-9-12(10-8-11)14-13(2,3)4/h7-10H,5-6H2,1-4H3. The predicted octanol–water partition coefficient (Wildman–Crippen LogP) is 4.53. The minimum Gasteiger partial charge on any atom is -0.120 e. The van der Waals surface area contributed by atoms with Gasteiger partial charge < -0.3 is 0 Å². The SMILES string of the molecule is CCCc1ccc(SC(C)(C)C)cc1. The molecule has 0 atom stereocenters. The van der Waals surface area contributed by atoms with E-state index in [-0.39, 0.29) is 0 Å². The highest BCUT2D eigenvalue weighted by Crippen LogP contribution is 2.31. The van der Waals surface area contributed by atoms with Gasteiger partial charge in [0.15, 0.2) is 0 Å². The van der Waals surface area contributed by atoms with E-state index in [2.05, 4.69) is 52.0 Å². The summed E-state index contributed by atoms with van der Waals surface area (Å²) in [5.41, 5.74) is 1.45. The van der Waals surface area contributed by atoms with Gasteiger partial charge in [0.2, 0.25) is 0 Å². The molecule has 0 aliphatic heterocycles. The Labute approximate surface area is 92.1 Å². The molecule has 0 saturated carbocycles. The van der Waals surface area contributed by atoms with Crippen LogP contribution in [0.25, 0.3) is 0 Å². The third kappa shape index (κ3) is 4.19. The third-order valence-corrected chi connectivity index (χ3v) is 3.01. The maximum absolute atomic E-state index is 2.25. The molecule has 0 fully saturated rings. The summed E-state index contributed by atoms with van der Waals surface area (Å²) in [5, 5.41) is 0. The molecule has 1 aromatic rings. The number of hydrogen-bond acceptors (Lipinski definition) is 1. The molecule has 0 spiro atoms. The van der Waals surface area contributed by atoms with Crippen molar-refractivity contribution in [3.05, 3.63) is 29.8 Å². The fourth-order valence-electron chi connectivity index (χ4n) is 1.37. The average Bonchev–Trinajstić information content (AvgIpc) is 2.06. The molecule has 78 valence electrons. The third-order valence-electron chi connectivity index (χ3n) is 1.89. The second-order valence-corrected chi connectivity index (χ2v) is 6.51. The largest absolute Gasteiger partial charge is 0.120 e. The van der Waals surface area contributed by atoms with Crippen LogP contribution in [0.3, 0.4) is 0 Å².